The fourth-order valence-corrected chi connectivity index (χ4v) is 2.36. The van der Waals surface area contributed by atoms with Crippen LogP contribution in [0, 0.1) is 0 Å². The molecule has 0 radical (unpaired) electrons. The van der Waals surface area contributed by atoms with Gasteiger partial charge in [-0.1, -0.05) is 38.1 Å². The average Bonchev–Trinajstić information content (AvgIpc) is 2.49. The van der Waals surface area contributed by atoms with Crippen LogP contribution in [0.4, 0.5) is 0 Å². The van der Waals surface area contributed by atoms with E-state index in [9.17, 15) is 8.42 Å². The summed E-state index contributed by atoms with van der Waals surface area (Å²) in [5, 5.41) is 0. The van der Waals surface area contributed by atoms with Gasteiger partial charge in [-0.25, -0.2) is 8.42 Å². The first-order valence-corrected chi connectivity index (χ1v) is 8.51. The minimum Gasteiger partial charge on any atom is -0.497 e. The topological polar surface area (TPSA) is 43.4 Å². The van der Waals surface area contributed by atoms with Crippen LogP contribution in [0.15, 0.2) is 53.4 Å². The summed E-state index contributed by atoms with van der Waals surface area (Å²) in [4.78, 5) is 0.0985. The zero-order valence-electron chi connectivity index (χ0n) is 11.6. The first-order chi connectivity index (χ1) is 9.50. The number of hydrogen-bond acceptors (Lipinski definition) is 3. The second-order valence-electron chi connectivity index (χ2n) is 3.69. The highest BCUT2D eigenvalue weighted by atomic mass is 35.7. The Hall–Kier alpha value is -1.52. The molecular weight excluding hydrogens is 296 g/mol. The van der Waals surface area contributed by atoms with Crippen LogP contribution in [-0.2, 0) is 9.05 Å². The zero-order valence-corrected chi connectivity index (χ0v) is 13.2. The Bertz CT molecular complexity index is 632. The van der Waals surface area contributed by atoms with Crippen LogP contribution < -0.4 is 4.74 Å². The second kappa shape index (κ2) is 7.31. The molecule has 5 heteroatoms. The van der Waals surface area contributed by atoms with E-state index in [4.69, 9.17) is 15.4 Å². The first-order valence-electron chi connectivity index (χ1n) is 6.20. The predicted octanol–water partition coefficient (Wildman–Crippen LogP) is 4.32. The molecular formula is C15H17ClO3S. The van der Waals surface area contributed by atoms with E-state index in [1.807, 2.05) is 38.1 Å². The summed E-state index contributed by atoms with van der Waals surface area (Å²) in [6.07, 6.45) is 0. The van der Waals surface area contributed by atoms with Gasteiger partial charge in [-0.15, -0.1) is 0 Å². The number of benzene rings is 2. The van der Waals surface area contributed by atoms with E-state index < -0.39 is 9.05 Å². The number of methoxy groups -OCH3 is 1. The number of halogens is 1. The monoisotopic (exact) mass is 312 g/mol. The number of hydrogen-bond donors (Lipinski definition) is 0. The SMILES string of the molecule is CC.COc1ccc(-c2ccc(S(=O)(=O)Cl)cc2)cc1. The standard InChI is InChI=1S/C13H11ClO3S.C2H6/c1-17-12-6-2-10(3-7-12)11-4-8-13(9-5-11)18(14,15)16;1-2/h2-9H,1H3;1-2H3. The second-order valence-corrected chi connectivity index (χ2v) is 6.26. The van der Waals surface area contributed by atoms with Crippen LogP contribution in [0.2, 0.25) is 0 Å². The van der Waals surface area contributed by atoms with Gasteiger partial charge in [-0.2, -0.15) is 0 Å². The van der Waals surface area contributed by atoms with Crippen LogP contribution in [-0.4, -0.2) is 15.5 Å². The number of ether oxygens (including phenoxy) is 1. The Morgan fingerprint density at radius 2 is 1.25 bits per heavy atom. The van der Waals surface area contributed by atoms with Gasteiger partial charge in [0.15, 0.2) is 0 Å². The lowest BCUT2D eigenvalue weighted by molar-refractivity contribution is 0.415. The van der Waals surface area contributed by atoms with Gasteiger partial charge in [0.25, 0.3) is 9.05 Å². The minimum atomic E-state index is -3.66. The van der Waals surface area contributed by atoms with Crippen molar-refractivity contribution < 1.29 is 13.2 Å². The minimum absolute atomic E-state index is 0.0985. The Morgan fingerprint density at radius 3 is 1.60 bits per heavy atom. The Labute approximate surface area is 124 Å². The van der Waals surface area contributed by atoms with Gasteiger partial charge in [0.1, 0.15) is 5.75 Å². The molecule has 0 amide bonds. The molecule has 3 nitrogen and oxygen atoms in total. The highest BCUT2D eigenvalue weighted by Crippen LogP contribution is 2.24. The molecule has 0 bridgehead atoms. The van der Waals surface area contributed by atoms with E-state index in [-0.39, 0.29) is 4.90 Å². The highest BCUT2D eigenvalue weighted by molar-refractivity contribution is 8.13. The summed E-state index contributed by atoms with van der Waals surface area (Å²) in [5.74, 6) is 0.777. The van der Waals surface area contributed by atoms with E-state index in [0.717, 1.165) is 16.9 Å². The van der Waals surface area contributed by atoms with Crippen LogP contribution in [0.1, 0.15) is 13.8 Å². The Balaban J connectivity index is 0.000000956. The molecule has 0 aliphatic carbocycles. The highest BCUT2D eigenvalue weighted by Gasteiger charge is 2.09. The van der Waals surface area contributed by atoms with Crippen molar-refractivity contribution in [1.82, 2.24) is 0 Å². The van der Waals surface area contributed by atoms with Gasteiger partial charge in [0.2, 0.25) is 0 Å². The van der Waals surface area contributed by atoms with Crippen LogP contribution in [0.5, 0.6) is 5.75 Å². The van der Waals surface area contributed by atoms with Gasteiger partial charge in [-0.05, 0) is 35.4 Å². The maximum atomic E-state index is 11.1. The van der Waals surface area contributed by atoms with Gasteiger partial charge in [0.05, 0.1) is 12.0 Å². The lowest BCUT2D eigenvalue weighted by Crippen LogP contribution is -1.89. The van der Waals surface area contributed by atoms with Crippen molar-refractivity contribution in [3.8, 4) is 16.9 Å². The molecule has 2 rings (SSSR count). The molecule has 0 saturated carbocycles. The van der Waals surface area contributed by atoms with E-state index in [0.29, 0.717) is 0 Å². The average molecular weight is 313 g/mol. The maximum absolute atomic E-state index is 11.1. The molecule has 2 aromatic carbocycles. The van der Waals surface area contributed by atoms with Gasteiger partial charge in [-0.3, -0.25) is 0 Å². The van der Waals surface area contributed by atoms with Crippen LogP contribution >= 0.6 is 10.7 Å². The fourth-order valence-electron chi connectivity index (χ4n) is 1.59. The molecule has 0 N–H and O–H groups in total. The van der Waals surface area contributed by atoms with Gasteiger partial charge >= 0.3 is 0 Å². The van der Waals surface area contributed by atoms with Gasteiger partial charge < -0.3 is 4.74 Å². The zero-order chi connectivity index (χ0) is 15.2. The molecule has 0 saturated heterocycles. The summed E-state index contributed by atoms with van der Waals surface area (Å²) in [7, 11) is 3.20. The molecule has 20 heavy (non-hydrogen) atoms. The third kappa shape index (κ3) is 4.25. The van der Waals surface area contributed by atoms with E-state index in [1.54, 1.807) is 19.2 Å². The van der Waals surface area contributed by atoms with Crippen molar-refractivity contribution in [2.24, 2.45) is 0 Å². The van der Waals surface area contributed by atoms with Gasteiger partial charge in [0, 0.05) is 10.7 Å². The molecule has 0 unspecified atom stereocenters. The van der Waals surface area contributed by atoms with Crippen LogP contribution in [0.25, 0.3) is 11.1 Å². The largest absolute Gasteiger partial charge is 0.497 e. The van der Waals surface area contributed by atoms with Crippen molar-refractivity contribution in [3.63, 3.8) is 0 Å². The first kappa shape index (κ1) is 16.5. The van der Waals surface area contributed by atoms with Crippen molar-refractivity contribution in [2.45, 2.75) is 18.7 Å². The van der Waals surface area contributed by atoms with Crippen molar-refractivity contribution in [1.29, 1.82) is 0 Å². The summed E-state index contributed by atoms with van der Waals surface area (Å²) >= 11 is 0. The fraction of sp³-hybridized carbons (Fsp3) is 0.200. The van der Waals surface area contributed by atoms with E-state index in [2.05, 4.69) is 0 Å². The predicted molar refractivity (Wildman–Crippen MR) is 82.8 cm³/mol. The van der Waals surface area contributed by atoms with Crippen molar-refractivity contribution in [3.05, 3.63) is 48.5 Å². The third-order valence-electron chi connectivity index (χ3n) is 2.56. The maximum Gasteiger partial charge on any atom is 0.261 e. The smallest absolute Gasteiger partial charge is 0.261 e. The quantitative estimate of drug-likeness (QED) is 0.793. The lowest BCUT2D eigenvalue weighted by Gasteiger charge is -2.04. The summed E-state index contributed by atoms with van der Waals surface area (Å²) in [6.45, 7) is 4.00. The van der Waals surface area contributed by atoms with Crippen molar-refractivity contribution >= 4 is 19.7 Å². The third-order valence-corrected chi connectivity index (χ3v) is 3.93. The molecule has 108 valence electrons. The molecule has 0 spiro atoms. The molecule has 2 aromatic rings. The normalized spacial score (nSPS) is 10.4. The van der Waals surface area contributed by atoms with Crippen LogP contribution in [0.3, 0.4) is 0 Å². The molecule has 0 aromatic heterocycles. The van der Waals surface area contributed by atoms with E-state index >= 15 is 0 Å². The molecule has 0 heterocycles. The Kier molecular flexibility index (Phi) is 6.05. The molecule has 0 aliphatic rings. The molecule has 0 atom stereocenters. The van der Waals surface area contributed by atoms with E-state index in [1.165, 1.54) is 12.1 Å². The molecule has 0 fully saturated rings. The summed E-state index contributed by atoms with van der Waals surface area (Å²) in [6, 6.07) is 13.9. The van der Waals surface area contributed by atoms with Crippen molar-refractivity contribution in [2.75, 3.05) is 7.11 Å². The Morgan fingerprint density at radius 1 is 0.850 bits per heavy atom. The lowest BCUT2D eigenvalue weighted by atomic mass is 10.1. The summed E-state index contributed by atoms with van der Waals surface area (Å²) < 4.78 is 27.3. The summed E-state index contributed by atoms with van der Waals surface area (Å²) in [5.41, 5.74) is 1.90. The molecule has 0 aliphatic heterocycles. The number of rotatable bonds is 3.